The summed E-state index contributed by atoms with van der Waals surface area (Å²) in [6, 6.07) is 5.34. The third-order valence-electron chi connectivity index (χ3n) is 6.04. The van der Waals surface area contributed by atoms with Crippen molar-refractivity contribution < 1.29 is 22.8 Å². The van der Waals surface area contributed by atoms with Crippen LogP contribution in [-0.4, -0.2) is 50.7 Å². The second-order valence-corrected chi connectivity index (χ2v) is 8.10. The maximum Gasteiger partial charge on any atom is 0.433 e. The molecule has 2 aromatic heterocycles. The van der Waals surface area contributed by atoms with Gasteiger partial charge in [0.1, 0.15) is 5.69 Å². The van der Waals surface area contributed by atoms with E-state index >= 15 is 0 Å². The summed E-state index contributed by atoms with van der Waals surface area (Å²) in [6.07, 6.45) is -3.89. The fraction of sp³-hybridized carbons (Fsp3) is 0.500. The van der Waals surface area contributed by atoms with Gasteiger partial charge in [-0.05, 0) is 18.4 Å². The summed E-state index contributed by atoms with van der Waals surface area (Å²) < 4.78 is 41.7. The van der Waals surface area contributed by atoms with Crippen LogP contribution in [0, 0.1) is 5.92 Å². The Morgan fingerprint density at radius 2 is 2.00 bits per heavy atom. The highest BCUT2D eigenvalue weighted by Gasteiger charge is 2.43. The molecule has 1 fully saturated rings. The lowest BCUT2D eigenvalue weighted by molar-refractivity contribution is -0.143. The second kappa shape index (κ2) is 7.54. The fourth-order valence-electron chi connectivity index (χ4n) is 4.72. The number of rotatable bonds is 3. The zero-order chi connectivity index (χ0) is 22.5. The number of piperidine rings is 1. The molecule has 4 heterocycles. The van der Waals surface area contributed by atoms with Gasteiger partial charge in [-0.1, -0.05) is 6.07 Å². The van der Waals surface area contributed by atoms with Crippen LogP contribution in [0.4, 0.5) is 13.2 Å². The van der Waals surface area contributed by atoms with Crippen molar-refractivity contribution in [3.05, 3.63) is 51.7 Å². The number of amides is 2. The molecule has 2 aliphatic rings. The molecule has 4 rings (SSSR count). The molecule has 0 aromatic carbocycles. The Labute approximate surface area is 175 Å². The van der Waals surface area contributed by atoms with Crippen LogP contribution < -0.4 is 10.9 Å². The van der Waals surface area contributed by atoms with Crippen LogP contribution in [0.1, 0.15) is 47.2 Å². The highest BCUT2D eigenvalue weighted by Crippen LogP contribution is 2.41. The lowest BCUT2D eigenvalue weighted by Crippen LogP contribution is -2.53. The van der Waals surface area contributed by atoms with Crippen molar-refractivity contribution in [1.82, 2.24) is 24.6 Å². The van der Waals surface area contributed by atoms with Crippen LogP contribution in [-0.2, 0) is 18.0 Å². The number of aryl methyl sites for hydroxylation is 1. The molecule has 2 amide bonds. The number of hydrogen-bond acceptors (Lipinski definition) is 4. The van der Waals surface area contributed by atoms with E-state index in [1.54, 1.807) is 10.6 Å². The van der Waals surface area contributed by atoms with Gasteiger partial charge in [-0.3, -0.25) is 19.1 Å². The van der Waals surface area contributed by atoms with Gasteiger partial charge in [0.2, 0.25) is 5.91 Å². The molecular weight excluding hydrogens is 415 g/mol. The number of hydrogen-bond donors (Lipinski definition) is 1. The molecule has 2 aliphatic heterocycles. The molecule has 0 saturated carbocycles. The first-order valence-electron chi connectivity index (χ1n) is 9.92. The van der Waals surface area contributed by atoms with E-state index in [1.807, 2.05) is 6.07 Å². The maximum atomic E-state index is 13.1. The number of pyridine rings is 1. The average Bonchev–Trinajstić information content (AvgIpc) is 3.09. The molecule has 0 aliphatic carbocycles. The zero-order valence-electron chi connectivity index (χ0n) is 17.0. The van der Waals surface area contributed by atoms with Crippen molar-refractivity contribution >= 4 is 11.8 Å². The highest BCUT2D eigenvalue weighted by atomic mass is 19.4. The van der Waals surface area contributed by atoms with E-state index in [2.05, 4.69) is 10.4 Å². The molecule has 2 aromatic rings. The Morgan fingerprint density at radius 1 is 1.26 bits per heavy atom. The molecular formula is C20H22F3N5O3. The van der Waals surface area contributed by atoms with Crippen LogP contribution in [0.25, 0.3) is 0 Å². The standard InChI is InChI=1S/C20H22F3N5O3/c1-11(29)24-8-16-13-6-12(15-4-3-5-18(30)28(15)16)9-27(10-13)19(31)14-7-17(20(21,22)23)26(2)25-14/h3-5,7,12-13,16H,6,8-10H2,1-2H3,(H,24,29)/t12-,13+,16+/m1/s1. The van der Waals surface area contributed by atoms with Crippen molar-refractivity contribution in [2.75, 3.05) is 19.6 Å². The predicted octanol–water partition coefficient (Wildman–Crippen LogP) is 1.54. The zero-order valence-corrected chi connectivity index (χ0v) is 17.0. The number of carbonyl (C=O) groups excluding carboxylic acids is 2. The number of alkyl halides is 3. The van der Waals surface area contributed by atoms with E-state index in [1.165, 1.54) is 17.9 Å². The minimum Gasteiger partial charge on any atom is -0.354 e. The summed E-state index contributed by atoms with van der Waals surface area (Å²) >= 11 is 0. The largest absolute Gasteiger partial charge is 0.433 e. The minimum absolute atomic E-state index is 0.129. The number of nitrogens with one attached hydrogen (secondary N) is 1. The monoisotopic (exact) mass is 437 g/mol. The number of carbonyl (C=O) groups is 2. The van der Waals surface area contributed by atoms with Crippen molar-refractivity contribution in [2.45, 2.75) is 31.5 Å². The third-order valence-corrected chi connectivity index (χ3v) is 6.04. The Hall–Kier alpha value is -3.11. The van der Waals surface area contributed by atoms with Gasteiger partial charge in [0.25, 0.3) is 11.5 Å². The second-order valence-electron chi connectivity index (χ2n) is 8.10. The van der Waals surface area contributed by atoms with Crippen LogP contribution in [0.15, 0.2) is 29.1 Å². The van der Waals surface area contributed by atoms with Crippen molar-refractivity contribution in [3.63, 3.8) is 0 Å². The average molecular weight is 437 g/mol. The molecule has 166 valence electrons. The molecule has 1 saturated heterocycles. The molecule has 0 spiro atoms. The maximum absolute atomic E-state index is 13.1. The Bertz CT molecular complexity index is 1090. The summed E-state index contributed by atoms with van der Waals surface area (Å²) in [4.78, 5) is 38.6. The molecule has 2 bridgehead atoms. The van der Waals surface area contributed by atoms with E-state index < -0.39 is 17.8 Å². The summed E-state index contributed by atoms with van der Waals surface area (Å²) in [5.41, 5.74) is -0.678. The minimum atomic E-state index is -4.61. The number of aromatic nitrogens is 3. The van der Waals surface area contributed by atoms with Gasteiger partial charge in [0.05, 0.1) is 6.04 Å². The Balaban J connectivity index is 1.66. The van der Waals surface area contributed by atoms with Crippen molar-refractivity contribution in [3.8, 4) is 0 Å². The third kappa shape index (κ3) is 3.84. The first kappa shape index (κ1) is 21.1. The highest BCUT2D eigenvalue weighted by molar-refractivity contribution is 5.92. The van der Waals surface area contributed by atoms with Gasteiger partial charge < -0.3 is 14.8 Å². The van der Waals surface area contributed by atoms with E-state index in [0.717, 1.165) is 18.8 Å². The first-order chi connectivity index (χ1) is 14.6. The van der Waals surface area contributed by atoms with Gasteiger partial charge in [0, 0.05) is 57.4 Å². The van der Waals surface area contributed by atoms with Gasteiger partial charge in [0.15, 0.2) is 5.69 Å². The molecule has 31 heavy (non-hydrogen) atoms. The number of halogens is 3. The van der Waals surface area contributed by atoms with Crippen molar-refractivity contribution in [2.24, 2.45) is 13.0 Å². The van der Waals surface area contributed by atoms with Gasteiger partial charge in [-0.25, -0.2) is 0 Å². The molecule has 0 radical (unpaired) electrons. The lowest BCUT2D eigenvalue weighted by atomic mass is 9.78. The van der Waals surface area contributed by atoms with E-state index in [0.29, 0.717) is 11.1 Å². The summed E-state index contributed by atoms with van der Waals surface area (Å²) in [7, 11) is 1.15. The predicted molar refractivity (Wildman–Crippen MR) is 103 cm³/mol. The normalized spacial score (nSPS) is 22.7. The number of fused-ring (bicyclic) bond motifs is 4. The number of likely N-dealkylation sites (tertiary alicyclic amines) is 1. The number of nitrogens with zero attached hydrogens (tertiary/aromatic N) is 4. The molecule has 11 heteroatoms. The fourth-order valence-corrected chi connectivity index (χ4v) is 4.72. The van der Waals surface area contributed by atoms with E-state index in [9.17, 15) is 27.6 Å². The molecule has 3 atom stereocenters. The lowest BCUT2D eigenvalue weighted by Gasteiger charge is -2.46. The molecule has 1 N–H and O–H groups in total. The molecule has 8 nitrogen and oxygen atoms in total. The molecule has 0 unspecified atom stereocenters. The van der Waals surface area contributed by atoms with Gasteiger partial charge in [-0.2, -0.15) is 18.3 Å². The van der Waals surface area contributed by atoms with Gasteiger partial charge >= 0.3 is 6.18 Å². The van der Waals surface area contributed by atoms with E-state index in [-0.39, 0.29) is 54.7 Å². The van der Waals surface area contributed by atoms with Gasteiger partial charge in [-0.15, -0.1) is 0 Å². The smallest absolute Gasteiger partial charge is 0.354 e. The summed E-state index contributed by atoms with van der Waals surface area (Å²) in [5.74, 6) is -1.07. The van der Waals surface area contributed by atoms with E-state index in [4.69, 9.17) is 0 Å². The topological polar surface area (TPSA) is 89.2 Å². The summed E-state index contributed by atoms with van der Waals surface area (Å²) in [5, 5.41) is 6.52. The first-order valence-corrected chi connectivity index (χ1v) is 9.92. The Kier molecular flexibility index (Phi) is 5.14. The van der Waals surface area contributed by atoms with Crippen LogP contribution in [0.2, 0.25) is 0 Å². The Morgan fingerprint density at radius 3 is 2.65 bits per heavy atom. The van der Waals surface area contributed by atoms with Crippen LogP contribution in [0.5, 0.6) is 0 Å². The summed E-state index contributed by atoms with van der Waals surface area (Å²) in [6.45, 7) is 2.16. The van der Waals surface area contributed by atoms with Crippen LogP contribution in [0.3, 0.4) is 0 Å². The van der Waals surface area contributed by atoms with Crippen LogP contribution >= 0.6 is 0 Å². The SMILES string of the molecule is CC(=O)NC[C@H]1[C@H]2C[C@H](CN(C(=O)c3cc(C(F)(F)F)n(C)n3)C2)c2cccc(=O)n21. The van der Waals surface area contributed by atoms with Crippen molar-refractivity contribution in [1.29, 1.82) is 0 Å². The quantitative estimate of drug-likeness (QED) is 0.789.